The highest BCUT2D eigenvalue weighted by atomic mass is 32.1. The summed E-state index contributed by atoms with van der Waals surface area (Å²) in [7, 11) is 0. The largest absolute Gasteiger partial charge is 0.338 e. The Labute approximate surface area is 144 Å². The van der Waals surface area contributed by atoms with Gasteiger partial charge in [0.25, 0.3) is 5.91 Å². The Morgan fingerprint density at radius 3 is 2.62 bits per heavy atom. The van der Waals surface area contributed by atoms with Gasteiger partial charge < -0.3 is 4.90 Å². The number of hydroxylamine groups is 1. The molecule has 2 aliphatic heterocycles. The number of nitrogens with zero attached hydrogens (tertiary/aromatic N) is 2. The Morgan fingerprint density at radius 1 is 1.21 bits per heavy atom. The molecular formula is C18H19N3O2S. The van der Waals surface area contributed by atoms with Gasteiger partial charge in [0.15, 0.2) is 11.6 Å². The zero-order chi connectivity index (χ0) is 16.6. The van der Waals surface area contributed by atoms with Crippen molar-refractivity contribution in [1.29, 1.82) is 0 Å². The predicted octanol–water partition coefficient (Wildman–Crippen LogP) is 2.97. The van der Waals surface area contributed by atoms with Crippen molar-refractivity contribution >= 4 is 23.1 Å². The van der Waals surface area contributed by atoms with Gasteiger partial charge in [-0.2, -0.15) is 0 Å². The van der Waals surface area contributed by atoms with E-state index in [4.69, 9.17) is 9.83 Å². The molecule has 24 heavy (non-hydrogen) atoms. The van der Waals surface area contributed by atoms with Gasteiger partial charge in [-0.25, -0.2) is 15.3 Å². The topological polar surface area (TPSA) is 53.9 Å². The van der Waals surface area contributed by atoms with Gasteiger partial charge >= 0.3 is 0 Å². The van der Waals surface area contributed by atoms with Crippen LogP contribution in [0.5, 0.6) is 0 Å². The van der Waals surface area contributed by atoms with E-state index in [2.05, 4.69) is 5.48 Å². The molecule has 1 amide bonds. The standard InChI is InChI=1S/C18H19N3O2S/c1-13-7-8-15(24-13)17(22)21-11-9-18(10-12-21)19-16(20-23-18)14-5-3-2-4-6-14/h2-8H,9-12H2,1H3,(H,19,20). The van der Waals surface area contributed by atoms with E-state index in [9.17, 15) is 4.79 Å². The number of amides is 1. The molecule has 2 aliphatic rings. The molecule has 5 nitrogen and oxygen atoms in total. The molecule has 124 valence electrons. The molecule has 6 heteroatoms. The van der Waals surface area contributed by atoms with Gasteiger partial charge in [0.1, 0.15) is 0 Å². The number of rotatable bonds is 2. The molecule has 0 atom stereocenters. The normalized spacial score (nSPS) is 19.2. The van der Waals surface area contributed by atoms with E-state index in [-0.39, 0.29) is 5.91 Å². The molecule has 0 radical (unpaired) electrons. The summed E-state index contributed by atoms with van der Waals surface area (Å²) in [5, 5.41) is 0. The van der Waals surface area contributed by atoms with E-state index < -0.39 is 5.72 Å². The number of aliphatic imine (C=N–C) groups is 1. The van der Waals surface area contributed by atoms with Crippen molar-refractivity contribution in [3.63, 3.8) is 0 Å². The highest BCUT2D eigenvalue weighted by molar-refractivity contribution is 7.13. The third-order valence-corrected chi connectivity index (χ3v) is 5.47. The van der Waals surface area contributed by atoms with Gasteiger partial charge in [-0.15, -0.1) is 11.3 Å². The number of aryl methyl sites for hydroxylation is 1. The first-order valence-electron chi connectivity index (χ1n) is 8.10. The second-order valence-electron chi connectivity index (χ2n) is 6.18. The van der Waals surface area contributed by atoms with E-state index in [0.29, 0.717) is 25.9 Å². The van der Waals surface area contributed by atoms with Crippen molar-refractivity contribution in [3.05, 3.63) is 57.8 Å². The summed E-state index contributed by atoms with van der Waals surface area (Å²) in [6, 6.07) is 13.9. The molecule has 0 aliphatic carbocycles. The van der Waals surface area contributed by atoms with Crippen LogP contribution in [0, 0.1) is 6.92 Å². The van der Waals surface area contributed by atoms with Crippen molar-refractivity contribution < 1.29 is 9.63 Å². The SMILES string of the molecule is Cc1ccc(C(=O)N2CCC3(CC2)N=C(c2ccccc2)NO3)s1. The Kier molecular flexibility index (Phi) is 3.86. The highest BCUT2D eigenvalue weighted by Gasteiger charge is 2.41. The van der Waals surface area contributed by atoms with Crippen LogP contribution in [0.15, 0.2) is 47.5 Å². The summed E-state index contributed by atoms with van der Waals surface area (Å²) in [6.45, 7) is 3.33. The Balaban J connectivity index is 1.45. The van der Waals surface area contributed by atoms with Crippen LogP contribution in [0.4, 0.5) is 0 Å². The van der Waals surface area contributed by atoms with E-state index in [0.717, 1.165) is 21.2 Å². The number of thiophene rings is 1. The molecule has 3 heterocycles. The fraction of sp³-hybridized carbons (Fsp3) is 0.333. The molecular weight excluding hydrogens is 322 g/mol. The lowest BCUT2D eigenvalue weighted by atomic mass is 10.0. The predicted molar refractivity (Wildman–Crippen MR) is 94.1 cm³/mol. The maximum absolute atomic E-state index is 12.5. The zero-order valence-electron chi connectivity index (χ0n) is 13.5. The molecule has 0 saturated carbocycles. The zero-order valence-corrected chi connectivity index (χ0v) is 14.3. The molecule has 1 aromatic heterocycles. The summed E-state index contributed by atoms with van der Waals surface area (Å²) < 4.78 is 0. The molecule has 2 aromatic rings. The van der Waals surface area contributed by atoms with E-state index in [1.54, 1.807) is 11.3 Å². The number of benzene rings is 1. The fourth-order valence-electron chi connectivity index (χ4n) is 3.09. The first-order chi connectivity index (χ1) is 11.7. The summed E-state index contributed by atoms with van der Waals surface area (Å²) in [6.07, 6.45) is 1.40. The van der Waals surface area contributed by atoms with E-state index in [1.807, 2.05) is 54.3 Å². The third-order valence-electron chi connectivity index (χ3n) is 4.48. The number of hydrogen-bond acceptors (Lipinski definition) is 5. The van der Waals surface area contributed by atoms with Crippen molar-refractivity contribution in [2.75, 3.05) is 13.1 Å². The third kappa shape index (κ3) is 2.83. The number of hydrogen-bond donors (Lipinski definition) is 1. The number of carbonyl (C=O) groups excluding carboxylic acids is 1. The second-order valence-corrected chi connectivity index (χ2v) is 7.47. The van der Waals surface area contributed by atoms with E-state index in [1.165, 1.54) is 0 Å². The quantitative estimate of drug-likeness (QED) is 0.914. The van der Waals surface area contributed by atoms with Gasteiger partial charge in [-0.05, 0) is 19.1 Å². The average Bonchev–Trinajstić information content (AvgIpc) is 3.23. The van der Waals surface area contributed by atoms with Gasteiger partial charge in [0.05, 0.1) is 4.88 Å². The molecule has 1 saturated heterocycles. The number of nitrogens with one attached hydrogen (secondary N) is 1. The summed E-state index contributed by atoms with van der Waals surface area (Å²) in [5.41, 5.74) is 3.43. The summed E-state index contributed by atoms with van der Waals surface area (Å²) in [4.78, 5) is 27.0. The summed E-state index contributed by atoms with van der Waals surface area (Å²) >= 11 is 1.55. The molecule has 1 aromatic carbocycles. The number of amidine groups is 1. The molecule has 1 spiro atoms. The van der Waals surface area contributed by atoms with Crippen LogP contribution in [0.3, 0.4) is 0 Å². The lowest BCUT2D eigenvalue weighted by Crippen LogP contribution is -2.46. The van der Waals surface area contributed by atoms with Crippen LogP contribution < -0.4 is 5.48 Å². The van der Waals surface area contributed by atoms with Gasteiger partial charge in [0, 0.05) is 36.4 Å². The minimum absolute atomic E-state index is 0.112. The number of likely N-dealkylation sites (tertiary alicyclic amines) is 1. The lowest BCUT2D eigenvalue weighted by molar-refractivity contribution is -0.0849. The smallest absolute Gasteiger partial charge is 0.263 e. The maximum Gasteiger partial charge on any atom is 0.263 e. The average molecular weight is 341 g/mol. The van der Waals surface area contributed by atoms with Gasteiger partial charge in [0.2, 0.25) is 0 Å². The maximum atomic E-state index is 12.5. The molecule has 1 N–H and O–H groups in total. The van der Waals surface area contributed by atoms with Crippen LogP contribution in [-0.4, -0.2) is 35.5 Å². The Morgan fingerprint density at radius 2 is 1.96 bits per heavy atom. The monoisotopic (exact) mass is 341 g/mol. The molecule has 1 fully saturated rings. The van der Waals surface area contributed by atoms with Crippen molar-refractivity contribution in [3.8, 4) is 0 Å². The van der Waals surface area contributed by atoms with Crippen LogP contribution >= 0.6 is 11.3 Å². The van der Waals surface area contributed by atoms with Gasteiger partial charge in [-0.1, -0.05) is 30.3 Å². The van der Waals surface area contributed by atoms with E-state index >= 15 is 0 Å². The van der Waals surface area contributed by atoms with Crippen molar-refractivity contribution in [2.45, 2.75) is 25.5 Å². The van der Waals surface area contributed by atoms with Crippen LogP contribution in [-0.2, 0) is 4.84 Å². The lowest BCUT2D eigenvalue weighted by Gasteiger charge is -2.35. The van der Waals surface area contributed by atoms with Crippen molar-refractivity contribution in [1.82, 2.24) is 10.4 Å². The summed E-state index contributed by atoms with van der Waals surface area (Å²) in [5.74, 6) is 0.880. The molecule has 0 bridgehead atoms. The van der Waals surface area contributed by atoms with Crippen LogP contribution in [0.25, 0.3) is 0 Å². The Hall–Kier alpha value is -2.18. The minimum Gasteiger partial charge on any atom is -0.338 e. The second kappa shape index (κ2) is 6.03. The first-order valence-corrected chi connectivity index (χ1v) is 8.92. The van der Waals surface area contributed by atoms with Crippen molar-refractivity contribution in [2.24, 2.45) is 4.99 Å². The van der Waals surface area contributed by atoms with Crippen LogP contribution in [0.1, 0.15) is 33.0 Å². The molecule has 0 unspecified atom stereocenters. The first kappa shape index (κ1) is 15.4. The van der Waals surface area contributed by atoms with Crippen LogP contribution in [0.2, 0.25) is 0 Å². The Bertz CT molecular complexity index is 777. The number of carbonyl (C=O) groups is 1. The highest BCUT2D eigenvalue weighted by Crippen LogP contribution is 2.32. The minimum atomic E-state index is -0.548. The number of piperidine rings is 1. The van der Waals surface area contributed by atoms with Gasteiger partial charge in [-0.3, -0.25) is 4.79 Å². The molecule has 4 rings (SSSR count). The fourth-order valence-corrected chi connectivity index (χ4v) is 3.93.